The van der Waals surface area contributed by atoms with Gasteiger partial charge in [0.2, 0.25) is 0 Å². The predicted molar refractivity (Wildman–Crippen MR) is 371 cm³/mol. The number of benzene rings is 10. The van der Waals surface area contributed by atoms with Crippen LogP contribution in [-0.2, 0) is 0 Å². The van der Waals surface area contributed by atoms with E-state index in [4.69, 9.17) is 8.83 Å². The quantitative estimate of drug-likeness (QED) is 0.165. The monoisotopic (exact) mass is 1170 g/mol. The highest BCUT2D eigenvalue weighted by Crippen LogP contribution is 2.43. The van der Waals surface area contributed by atoms with Crippen LogP contribution in [0.3, 0.4) is 0 Å². The lowest BCUT2D eigenvalue weighted by Crippen LogP contribution is -1.94. The number of fused-ring (bicyclic) bond motifs is 18. The van der Waals surface area contributed by atoms with Crippen LogP contribution >= 0.6 is 11.3 Å². The SMILES string of the molecule is c1cc(-c2ccc3oc4ccc(-n5c6ccncc6c6cnccc65)cc4c3c2)cc(-n2c3ccccc3c3ccccc32)c1.c1ccc(-c2ccc3sc4ccc(-c5ccc6oc7ccc(-n8c9ccncc9c9cnccc98)cc7c6c5)cc4c3c2)cc1. The molecule has 20 rings (SSSR count). The summed E-state index contributed by atoms with van der Waals surface area (Å²) in [5.74, 6) is 0. The van der Waals surface area contributed by atoms with Crippen molar-refractivity contribution in [1.29, 1.82) is 0 Å². The van der Waals surface area contributed by atoms with Gasteiger partial charge < -0.3 is 22.5 Å². The third-order valence-corrected chi connectivity index (χ3v) is 19.2. The summed E-state index contributed by atoms with van der Waals surface area (Å²) in [4.78, 5) is 17.5. The molecule has 0 saturated carbocycles. The zero-order valence-corrected chi connectivity index (χ0v) is 48.8. The summed E-state index contributed by atoms with van der Waals surface area (Å²) in [6.07, 6.45) is 15.1. The van der Waals surface area contributed by atoms with Gasteiger partial charge in [0, 0.05) is 141 Å². The first-order valence-electron chi connectivity index (χ1n) is 30.0. The first-order chi connectivity index (χ1) is 44.6. The number of pyridine rings is 4. The summed E-state index contributed by atoms with van der Waals surface area (Å²) in [7, 11) is 0. The molecule has 0 spiro atoms. The van der Waals surface area contributed by atoms with E-state index >= 15 is 0 Å². The maximum absolute atomic E-state index is 6.34. The number of nitrogens with zero attached hydrogens (tertiary/aromatic N) is 7. The third kappa shape index (κ3) is 7.81. The molecule has 0 radical (unpaired) electrons. The maximum atomic E-state index is 6.34. The summed E-state index contributed by atoms with van der Waals surface area (Å²) in [6.45, 7) is 0. The van der Waals surface area contributed by atoms with Crippen molar-refractivity contribution in [2.24, 2.45) is 0 Å². The van der Waals surface area contributed by atoms with Crippen molar-refractivity contribution in [3.63, 3.8) is 0 Å². The van der Waals surface area contributed by atoms with Crippen LogP contribution < -0.4 is 0 Å². The average molecular weight is 1170 g/mol. The van der Waals surface area contributed by atoms with Crippen molar-refractivity contribution >= 4 is 141 Å². The van der Waals surface area contributed by atoms with Gasteiger partial charge in [-0.05, 0) is 167 Å². The van der Waals surface area contributed by atoms with E-state index < -0.39 is 0 Å². The van der Waals surface area contributed by atoms with Gasteiger partial charge in [0.15, 0.2) is 0 Å². The van der Waals surface area contributed by atoms with Gasteiger partial charge in [-0.15, -0.1) is 11.3 Å². The molecule has 10 heteroatoms. The number of hydrogen-bond acceptors (Lipinski definition) is 7. The van der Waals surface area contributed by atoms with Crippen molar-refractivity contribution < 1.29 is 8.83 Å². The number of para-hydroxylation sites is 2. The molecular formula is C80H47N7O2S. The zero-order chi connectivity index (χ0) is 59.0. The smallest absolute Gasteiger partial charge is 0.135 e. The second-order valence-electron chi connectivity index (χ2n) is 23.0. The van der Waals surface area contributed by atoms with Gasteiger partial charge in [-0.1, -0.05) is 103 Å². The van der Waals surface area contributed by atoms with Crippen LogP contribution in [0, 0.1) is 0 Å². The van der Waals surface area contributed by atoms with Crippen molar-refractivity contribution in [1.82, 2.24) is 33.6 Å². The normalized spacial score (nSPS) is 12.0. The molecule has 20 aromatic rings. The largest absolute Gasteiger partial charge is 0.456 e. The molecule has 10 heterocycles. The third-order valence-electron chi connectivity index (χ3n) is 18.1. The van der Waals surface area contributed by atoms with Gasteiger partial charge in [0.1, 0.15) is 22.3 Å². The molecule has 420 valence electrons. The molecule has 10 aromatic carbocycles. The molecule has 0 saturated heterocycles. The molecule has 90 heavy (non-hydrogen) atoms. The lowest BCUT2D eigenvalue weighted by atomic mass is 9.99. The fourth-order valence-electron chi connectivity index (χ4n) is 13.9. The Kier molecular flexibility index (Phi) is 11.0. The Morgan fingerprint density at radius 3 is 1.04 bits per heavy atom. The summed E-state index contributed by atoms with van der Waals surface area (Å²) in [5, 5.41) is 13.8. The van der Waals surface area contributed by atoms with Crippen LogP contribution in [0.2, 0.25) is 0 Å². The highest BCUT2D eigenvalue weighted by atomic mass is 32.1. The Morgan fingerprint density at radius 1 is 0.233 bits per heavy atom. The fourth-order valence-corrected chi connectivity index (χ4v) is 15.0. The van der Waals surface area contributed by atoms with Crippen LogP contribution in [-0.4, -0.2) is 33.6 Å². The van der Waals surface area contributed by atoms with Crippen molar-refractivity contribution in [2.75, 3.05) is 0 Å². The summed E-state index contributed by atoms with van der Waals surface area (Å²) >= 11 is 1.85. The van der Waals surface area contributed by atoms with E-state index in [0.717, 1.165) is 116 Å². The summed E-state index contributed by atoms with van der Waals surface area (Å²) in [6, 6.07) is 84.6. The molecule has 0 aliphatic rings. The Labute approximate surface area is 516 Å². The minimum absolute atomic E-state index is 0.869. The number of aromatic nitrogens is 7. The minimum atomic E-state index is 0.869. The van der Waals surface area contributed by atoms with Crippen molar-refractivity contribution in [2.45, 2.75) is 0 Å². The maximum Gasteiger partial charge on any atom is 0.135 e. The van der Waals surface area contributed by atoms with Gasteiger partial charge >= 0.3 is 0 Å². The second kappa shape index (κ2) is 19.8. The van der Waals surface area contributed by atoms with Gasteiger partial charge in [0.25, 0.3) is 0 Å². The number of thiophene rings is 1. The lowest BCUT2D eigenvalue weighted by molar-refractivity contribution is 0.668. The van der Waals surface area contributed by atoms with Crippen molar-refractivity contribution in [3.05, 3.63) is 286 Å². The number of furan rings is 2. The topological polar surface area (TPSA) is 92.6 Å². The van der Waals surface area contributed by atoms with E-state index in [1.165, 1.54) is 64.2 Å². The van der Waals surface area contributed by atoms with Crippen molar-refractivity contribution in [3.8, 4) is 50.4 Å². The van der Waals surface area contributed by atoms with Gasteiger partial charge in [-0.2, -0.15) is 0 Å². The van der Waals surface area contributed by atoms with E-state index in [9.17, 15) is 0 Å². The number of rotatable bonds is 6. The van der Waals surface area contributed by atoms with E-state index in [1.54, 1.807) is 0 Å². The van der Waals surface area contributed by atoms with Crippen LogP contribution in [0.25, 0.3) is 180 Å². The zero-order valence-electron chi connectivity index (χ0n) is 48.0. The second-order valence-corrected chi connectivity index (χ2v) is 24.1. The standard InChI is InChI=1S/C40H24N4O.C40H23N3OS/c1-3-10-35-29(8-1)30-9-2-4-11-36(30)43(35)27-7-5-6-25(20-27)26-12-14-39-31(21-26)32-22-28(13-15-40(32)45-39)44-37-16-18-41-23-33(37)34-24-42-19-17-38(34)44;1-2-4-24(5-3-1)25-7-12-39-31(19-25)32-20-27(8-13-40(32)45-39)26-6-10-37-29(18-26)30-21-28(9-11-38(30)44-37)43-35-14-16-41-22-33(35)34-23-42-17-15-36(34)43/h1-24H;1-23H. The molecule has 0 N–H and O–H groups in total. The van der Waals surface area contributed by atoms with Crippen LogP contribution in [0.4, 0.5) is 0 Å². The molecule has 0 aliphatic heterocycles. The molecule has 0 amide bonds. The Balaban J connectivity index is 0.000000130. The van der Waals surface area contributed by atoms with Gasteiger partial charge in [-0.25, -0.2) is 0 Å². The Morgan fingerprint density at radius 2 is 0.578 bits per heavy atom. The predicted octanol–water partition coefficient (Wildman–Crippen LogP) is 21.4. The molecule has 0 atom stereocenters. The lowest BCUT2D eigenvalue weighted by Gasteiger charge is -2.10. The first-order valence-corrected chi connectivity index (χ1v) is 30.8. The van der Waals surface area contributed by atoms with Crippen LogP contribution in [0.1, 0.15) is 0 Å². The molecular weight excluding hydrogens is 1120 g/mol. The first kappa shape index (κ1) is 50.2. The minimum Gasteiger partial charge on any atom is -0.456 e. The van der Waals surface area contributed by atoms with E-state index in [0.29, 0.717) is 0 Å². The molecule has 0 unspecified atom stereocenters. The molecule has 10 aromatic heterocycles. The van der Waals surface area contributed by atoms with E-state index in [-0.39, 0.29) is 0 Å². The molecule has 9 nitrogen and oxygen atoms in total. The van der Waals surface area contributed by atoms with Gasteiger partial charge in [-0.3, -0.25) is 19.9 Å². The Bertz CT molecular complexity index is 6160. The number of hydrogen-bond donors (Lipinski definition) is 0. The molecule has 0 aliphatic carbocycles. The van der Waals surface area contributed by atoms with E-state index in [2.05, 4.69) is 270 Å². The highest BCUT2D eigenvalue weighted by molar-refractivity contribution is 7.25. The average Bonchev–Trinajstić information content (AvgIpc) is 1.82. The highest BCUT2D eigenvalue weighted by Gasteiger charge is 2.20. The molecule has 0 bridgehead atoms. The van der Waals surface area contributed by atoms with Crippen LogP contribution in [0.5, 0.6) is 0 Å². The fraction of sp³-hybridized carbons (Fsp3) is 0. The molecule has 0 fully saturated rings. The Hall–Kier alpha value is -12.0. The van der Waals surface area contributed by atoms with E-state index in [1.807, 2.05) is 60.9 Å². The summed E-state index contributed by atoms with van der Waals surface area (Å²) < 4.78 is 22.2. The van der Waals surface area contributed by atoms with Gasteiger partial charge in [0.05, 0.1) is 33.1 Å². The summed E-state index contributed by atoms with van der Waals surface area (Å²) in [5.41, 5.74) is 20.8. The van der Waals surface area contributed by atoms with Crippen LogP contribution in [0.15, 0.2) is 295 Å².